The van der Waals surface area contributed by atoms with Crippen molar-refractivity contribution < 1.29 is 19.1 Å². The first-order valence-electron chi connectivity index (χ1n) is 13.4. The van der Waals surface area contributed by atoms with Crippen molar-refractivity contribution in [1.29, 1.82) is 0 Å². The maximum atomic E-state index is 13.9. The molecule has 2 amide bonds. The van der Waals surface area contributed by atoms with Gasteiger partial charge in [-0.1, -0.05) is 18.2 Å². The average Bonchev–Trinajstić information content (AvgIpc) is 3.44. The van der Waals surface area contributed by atoms with Crippen molar-refractivity contribution in [3.05, 3.63) is 107 Å². The molecule has 0 radical (unpaired) electrons. The van der Waals surface area contributed by atoms with Crippen molar-refractivity contribution in [2.24, 2.45) is 0 Å². The molecule has 11 heteroatoms. The van der Waals surface area contributed by atoms with E-state index in [0.717, 1.165) is 16.7 Å². The van der Waals surface area contributed by atoms with Crippen molar-refractivity contribution in [2.45, 2.75) is 18.9 Å². The van der Waals surface area contributed by atoms with Gasteiger partial charge < -0.3 is 19.7 Å². The van der Waals surface area contributed by atoms with Crippen LogP contribution >= 0.6 is 0 Å². The first kappa shape index (κ1) is 24.7. The van der Waals surface area contributed by atoms with Gasteiger partial charge in [0.2, 0.25) is 5.82 Å². The summed E-state index contributed by atoms with van der Waals surface area (Å²) in [5.74, 6) is 1.72. The van der Waals surface area contributed by atoms with Gasteiger partial charge in [0.1, 0.15) is 17.2 Å². The Morgan fingerprint density at radius 1 is 1.02 bits per heavy atom. The molecule has 1 unspecified atom stereocenters. The van der Waals surface area contributed by atoms with E-state index in [9.17, 15) is 9.59 Å². The van der Waals surface area contributed by atoms with Crippen LogP contribution in [0, 0.1) is 0 Å². The normalized spacial score (nSPS) is 16.7. The van der Waals surface area contributed by atoms with Gasteiger partial charge in [0.25, 0.3) is 17.6 Å². The minimum absolute atomic E-state index is 0.0911. The van der Waals surface area contributed by atoms with E-state index in [1.165, 1.54) is 10.7 Å². The lowest BCUT2D eigenvalue weighted by Crippen LogP contribution is -2.41. The van der Waals surface area contributed by atoms with Crippen LogP contribution < -0.4 is 14.8 Å². The molecule has 6 heterocycles. The number of hydrogen-bond acceptors (Lipinski definition) is 8. The number of amides is 2. The van der Waals surface area contributed by atoms with Gasteiger partial charge in [-0.15, -0.1) is 5.10 Å². The zero-order valence-electron chi connectivity index (χ0n) is 21.9. The predicted octanol–water partition coefficient (Wildman–Crippen LogP) is 3.61. The second-order valence-electron chi connectivity index (χ2n) is 9.85. The SMILES string of the molecule is O=C1NCCCOc2cccc(c2)C2c3ccc(cc3CCN2C(=O)c2nc3ncccn3n2)Oc2cncc1c2. The molecule has 3 aliphatic rings. The van der Waals surface area contributed by atoms with E-state index in [1.54, 1.807) is 35.6 Å². The summed E-state index contributed by atoms with van der Waals surface area (Å²) in [6.45, 7) is 1.31. The highest BCUT2D eigenvalue weighted by Crippen LogP contribution is 2.39. The molecule has 2 aromatic carbocycles. The molecular formula is C30H25N7O4. The number of nitrogens with zero attached hydrogens (tertiary/aromatic N) is 6. The number of benzene rings is 2. The highest BCUT2D eigenvalue weighted by molar-refractivity contribution is 5.94. The van der Waals surface area contributed by atoms with Crippen LogP contribution in [0.3, 0.4) is 0 Å². The van der Waals surface area contributed by atoms with E-state index >= 15 is 0 Å². The molecule has 0 fully saturated rings. The van der Waals surface area contributed by atoms with E-state index in [2.05, 4.69) is 25.4 Å². The van der Waals surface area contributed by atoms with Crippen LogP contribution in [0.25, 0.3) is 5.78 Å². The molecule has 0 aliphatic carbocycles. The fraction of sp³-hybridized carbons (Fsp3) is 0.200. The summed E-state index contributed by atoms with van der Waals surface area (Å²) in [6, 6.07) is 16.6. The molecule has 0 spiro atoms. The molecule has 1 N–H and O–H groups in total. The second kappa shape index (κ2) is 10.3. The van der Waals surface area contributed by atoms with Crippen molar-refractivity contribution in [2.75, 3.05) is 19.7 Å². The van der Waals surface area contributed by atoms with Gasteiger partial charge in [-0.25, -0.2) is 9.50 Å². The first-order chi connectivity index (χ1) is 20.1. The third-order valence-electron chi connectivity index (χ3n) is 7.17. The van der Waals surface area contributed by atoms with Crippen LogP contribution in [0.1, 0.15) is 50.1 Å². The third kappa shape index (κ3) is 4.82. The molecule has 5 aromatic rings. The number of carbonyl (C=O) groups is 2. The fourth-order valence-corrected chi connectivity index (χ4v) is 5.27. The summed E-state index contributed by atoms with van der Waals surface area (Å²) < 4.78 is 13.7. The zero-order valence-corrected chi connectivity index (χ0v) is 21.9. The first-order valence-corrected chi connectivity index (χ1v) is 13.4. The summed E-state index contributed by atoms with van der Waals surface area (Å²) in [7, 11) is 0. The Bertz CT molecular complexity index is 1750. The maximum Gasteiger partial charge on any atom is 0.294 e. The Balaban J connectivity index is 1.30. The summed E-state index contributed by atoms with van der Waals surface area (Å²) in [5, 5.41) is 7.29. The van der Waals surface area contributed by atoms with E-state index in [1.807, 2.05) is 42.5 Å². The Morgan fingerprint density at radius 3 is 2.90 bits per heavy atom. The van der Waals surface area contributed by atoms with Crippen LogP contribution in [0.15, 0.2) is 79.4 Å². The molecular weight excluding hydrogens is 522 g/mol. The molecule has 41 heavy (non-hydrogen) atoms. The van der Waals surface area contributed by atoms with E-state index in [4.69, 9.17) is 9.47 Å². The summed E-state index contributed by atoms with van der Waals surface area (Å²) >= 11 is 0. The second-order valence-corrected chi connectivity index (χ2v) is 9.85. The topological polar surface area (TPSA) is 124 Å². The lowest BCUT2D eigenvalue weighted by molar-refractivity contribution is 0.0681. The quantitative estimate of drug-likeness (QED) is 0.338. The van der Waals surface area contributed by atoms with Gasteiger partial charge in [-0.2, -0.15) is 4.98 Å². The summed E-state index contributed by atoms with van der Waals surface area (Å²) in [4.78, 5) is 41.1. The summed E-state index contributed by atoms with van der Waals surface area (Å²) in [6.07, 6.45) is 7.65. The van der Waals surface area contributed by atoms with E-state index in [-0.39, 0.29) is 17.6 Å². The Labute approximate surface area is 234 Å². The van der Waals surface area contributed by atoms with E-state index < -0.39 is 6.04 Å². The van der Waals surface area contributed by atoms with Crippen LogP contribution in [0.4, 0.5) is 0 Å². The number of aromatic nitrogens is 5. The van der Waals surface area contributed by atoms with Crippen molar-refractivity contribution in [3.8, 4) is 17.2 Å². The van der Waals surface area contributed by atoms with Crippen molar-refractivity contribution >= 4 is 17.6 Å². The van der Waals surface area contributed by atoms with E-state index in [0.29, 0.717) is 61.1 Å². The summed E-state index contributed by atoms with van der Waals surface area (Å²) in [5.41, 5.74) is 3.35. The standard InChI is InChI=1S/C30H25N7O4/c38-28-21-16-24(18-31-17-21)41-23-6-7-25-19(14-23)8-12-36(29(39)27-34-30-33-9-2-11-37(30)35-27)26(25)20-4-1-5-22(15-20)40-13-3-10-32-28/h1-2,4-7,9,11,14-18,26H,3,8,10,12-13H2,(H,32,38). The molecule has 8 rings (SSSR count). The lowest BCUT2D eigenvalue weighted by Gasteiger charge is -2.37. The number of pyridine rings is 1. The van der Waals surface area contributed by atoms with Gasteiger partial charge in [0.05, 0.1) is 24.4 Å². The highest BCUT2D eigenvalue weighted by Gasteiger charge is 2.35. The molecule has 3 aliphatic heterocycles. The number of ether oxygens (including phenoxy) is 2. The molecule has 1 atom stereocenters. The predicted molar refractivity (Wildman–Crippen MR) is 147 cm³/mol. The van der Waals surface area contributed by atoms with Crippen LogP contribution in [-0.4, -0.2) is 61.0 Å². The molecule has 8 bridgehead atoms. The van der Waals surface area contributed by atoms with Crippen molar-refractivity contribution in [1.82, 2.24) is 34.8 Å². The van der Waals surface area contributed by atoms with Crippen LogP contribution in [0.5, 0.6) is 17.2 Å². The largest absolute Gasteiger partial charge is 0.494 e. The molecule has 3 aromatic heterocycles. The minimum Gasteiger partial charge on any atom is -0.494 e. The lowest BCUT2D eigenvalue weighted by atomic mass is 9.87. The average molecular weight is 548 g/mol. The fourth-order valence-electron chi connectivity index (χ4n) is 5.27. The van der Waals surface area contributed by atoms with Gasteiger partial charge in [0, 0.05) is 31.7 Å². The number of carbonyl (C=O) groups excluding carboxylic acids is 2. The molecule has 11 nitrogen and oxygen atoms in total. The van der Waals surface area contributed by atoms with Gasteiger partial charge in [-0.05, 0) is 65.9 Å². The molecule has 0 saturated heterocycles. The Kier molecular flexibility index (Phi) is 6.23. The zero-order chi connectivity index (χ0) is 27.8. The highest BCUT2D eigenvalue weighted by atomic mass is 16.5. The number of nitrogens with one attached hydrogen (secondary N) is 1. The van der Waals surface area contributed by atoms with Crippen LogP contribution in [0.2, 0.25) is 0 Å². The third-order valence-corrected chi connectivity index (χ3v) is 7.17. The number of hydrogen-bond donors (Lipinski definition) is 1. The Morgan fingerprint density at radius 2 is 1.98 bits per heavy atom. The van der Waals surface area contributed by atoms with Gasteiger partial charge >= 0.3 is 0 Å². The van der Waals surface area contributed by atoms with Gasteiger partial charge in [0.15, 0.2) is 0 Å². The Hall–Kier alpha value is -5.32. The number of rotatable bonds is 1. The monoisotopic (exact) mass is 547 g/mol. The minimum atomic E-state index is -0.397. The molecule has 204 valence electrons. The van der Waals surface area contributed by atoms with Crippen LogP contribution in [-0.2, 0) is 6.42 Å². The number of fused-ring (bicyclic) bond motifs is 7. The van der Waals surface area contributed by atoms with Gasteiger partial charge in [-0.3, -0.25) is 14.6 Å². The molecule has 0 saturated carbocycles. The maximum absolute atomic E-state index is 13.9. The smallest absolute Gasteiger partial charge is 0.294 e. The van der Waals surface area contributed by atoms with Crippen molar-refractivity contribution in [3.63, 3.8) is 0 Å².